The van der Waals surface area contributed by atoms with Gasteiger partial charge in [0.25, 0.3) is 5.56 Å². The first kappa shape index (κ1) is 14.7. The third-order valence-corrected chi connectivity index (χ3v) is 4.03. The molecular formula is C14H9N3O5S. The van der Waals surface area contributed by atoms with E-state index >= 15 is 0 Å². The molecule has 3 aromatic rings. The molecule has 0 aliphatic heterocycles. The largest absolute Gasteiger partial charge is 0.478 e. The third-order valence-electron chi connectivity index (χ3n) is 3.22. The number of carboxylic acids is 2. The highest BCUT2D eigenvalue weighted by molar-refractivity contribution is 7.15. The van der Waals surface area contributed by atoms with E-state index in [0.29, 0.717) is 0 Å². The van der Waals surface area contributed by atoms with Crippen molar-refractivity contribution in [1.29, 1.82) is 0 Å². The minimum atomic E-state index is -1.31. The normalized spacial score (nSPS) is 10.8. The van der Waals surface area contributed by atoms with Crippen molar-refractivity contribution in [2.24, 2.45) is 0 Å². The number of nitrogen functional groups attached to an aromatic ring is 1. The predicted octanol–water partition coefficient (Wildman–Crippen LogP) is 1.43. The zero-order chi connectivity index (χ0) is 16.7. The summed E-state index contributed by atoms with van der Waals surface area (Å²) in [7, 11) is 0. The molecule has 0 saturated heterocycles. The van der Waals surface area contributed by atoms with Gasteiger partial charge in [-0.15, -0.1) is 11.3 Å². The van der Waals surface area contributed by atoms with Crippen LogP contribution in [0.15, 0.2) is 34.4 Å². The first-order chi connectivity index (χ1) is 10.9. The van der Waals surface area contributed by atoms with Crippen LogP contribution in [0.2, 0.25) is 0 Å². The number of fused-ring (bicyclic) bond motifs is 1. The van der Waals surface area contributed by atoms with Gasteiger partial charge in [0.15, 0.2) is 5.69 Å². The number of anilines is 1. The predicted molar refractivity (Wildman–Crippen MR) is 83.5 cm³/mol. The van der Waals surface area contributed by atoms with Crippen molar-refractivity contribution in [3.8, 4) is 5.69 Å². The van der Waals surface area contributed by atoms with Crippen LogP contribution in [0.25, 0.3) is 16.5 Å². The second-order valence-corrected chi connectivity index (χ2v) is 5.53. The number of benzene rings is 1. The van der Waals surface area contributed by atoms with Gasteiger partial charge < -0.3 is 15.9 Å². The second kappa shape index (κ2) is 5.21. The van der Waals surface area contributed by atoms with Gasteiger partial charge in [0.05, 0.1) is 21.6 Å². The van der Waals surface area contributed by atoms with Gasteiger partial charge in [0.1, 0.15) is 0 Å². The number of hydrogen-bond donors (Lipinski definition) is 3. The summed E-state index contributed by atoms with van der Waals surface area (Å²) in [4.78, 5) is 35.0. The number of nitrogens with zero attached hydrogens (tertiary/aromatic N) is 2. The molecule has 0 atom stereocenters. The fourth-order valence-electron chi connectivity index (χ4n) is 2.18. The van der Waals surface area contributed by atoms with E-state index in [2.05, 4.69) is 5.10 Å². The van der Waals surface area contributed by atoms with Gasteiger partial charge in [-0.05, 0) is 18.2 Å². The van der Waals surface area contributed by atoms with Gasteiger partial charge in [-0.1, -0.05) is 6.07 Å². The summed E-state index contributed by atoms with van der Waals surface area (Å²) in [6.45, 7) is 0. The maximum absolute atomic E-state index is 12.6. The van der Waals surface area contributed by atoms with Crippen LogP contribution < -0.4 is 11.3 Å². The quantitative estimate of drug-likeness (QED) is 0.660. The molecule has 1 aromatic carbocycles. The summed E-state index contributed by atoms with van der Waals surface area (Å²) in [5.74, 6) is -2.48. The Labute approximate surface area is 132 Å². The van der Waals surface area contributed by atoms with E-state index in [1.165, 1.54) is 29.6 Å². The molecule has 116 valence electrons. The molecule has 0 amide bonds. The van der Waals surface area contributed by atoms with Crippen LogP contribution in [0.5, 0.6) is 0 Å². The fraction of sp³-hybridized carbons (Fsp3) is 0. The third kappa shape index (κ3) is 2.32. The van der Waals surface area contributed by atoms with Gasteiger partial charge >= 0.3 is 11.9 Å². The van der Waals surface area contributed by atoms with Crippen LogP contribution in [0.3, 0.4) is 0 Å². The molecule has 0 aliphatic carbocycles. The van der Waals surface area contributed by atoms with Crippen molar-refractivity contribution in [2.45, 2.75) is 0 Å². The van der Waals surface area contributed by atoms with Crippen LogP contribution in [-0.2, 0) is 0 Å². The minimum Gasteiger partial charge on any atom is -0.478 e. The van der Waals surface area contributed by atoms with E-state index in [1.54, 1.807) is 0 Å². The maximum Gasteiger partial charge on any atom is 0.357 e. The molecule has 9 heteroatoms. The van der Waals surface area contributed by atoms with Gasteiger partial charge in [0.2, 0.25) is 0 Å². The lowest BCUT2D eigenvalue weighted by Crippen LogP contribution is -2.24. The topological polar surface area (TPSA) is 136 Å². The Hall–Kier alpha value is -3.20. The van der Waals surface area contributed by atoms with Gasteiger partial charge in [0, 0.05) is 10.8 Å². The minimum absolute atomic E-state index is 0.0496. The van der Waals surface area contributed by atoms with Crippen molar-refractivity contribution >= 4 is 39.0 Å². The summed E-state index contributed by atoms with van der Waals surface area (Å²) in [6.07, 6.45) is 0. The monoisotopic (exact) mass is 331 g/mol. The van der Waals surface area contributed by atoms with Crippen LogP contribution in [0, 0.1) is 0 Å². The molecule has 3 rings (SSSR count). The lowest BCUT2D eigenvalue weighted by molar-refractivity contribution is 0.0682. The van der Waals surface area contributed by atoms with Gasteiger partial charge in [-0.25, -0.2) is 9.59 Å². The summed E-state index contributed by atoms with van der Waals surface area (Å²) in [5, 5.41) is 24.0. The fourth-order valence-corrected chi connectivity index (χ4v) is 2.97. The van der Waals surface area contributed by atoms with E-state index in [1.807, 2.05) is 0 Å². The van der Waals surface area contributed by atoms with Crippen molar-refractivity contribution in [3.05, 3.63) is 51.3 Å². The molecule has 0 unspecified atom stereocenters. The van der Waals surface area contributed by atoms with E-state index in [-0.39, 0.29) is 32.7 Å². The number of hydrogen-bond acceptors (Lipinski definition) is 6. The number of thiophene rings is 1. The molecule has 2 aromatic heterocycles. The molecule has 0 fully saturated rings. The highest BCUT2D eigenvalue weighted by Crippen LogP contribution is 2.27. The van der Waals surface area contributed by atoms with E-state index in [9.17, 15) is 19.5 Å². The molecule has 0 spiro atoms. The Bertz CT molecular complexity index is 1020. The van der Waals surface area contributed by atoms with Crippen LogP contribution in [0.1, 0.15) is 20.8 Å². The SMILES string of the molecule is Nc1scc2c(C(=O)O)nn(-c3cccc(C(=O)O)c3)c(=O)c12. The highest BCUT2D eigenvalue weighted by atomic mass is 32.1. The summed E-state index contributed by atoms with van der Waals surface area (Å²) in [5.41, 5.74) is 4.92. The number of rotatable bonds is 3. The molecule has 0 radical (unpaired) electrons. The molecule has 4 N–H and O–H groups in total. The molecule has 2 heterocycles. The van der Waals surface area contributed by atoms with Crippen LogP contribution in [0.4, 0.5) is 5.00 Å². The van der Waals surface area contributed by atoms with Crippen LogP contribution in [-0.4, -0.2) is 31.9 Å². The van der Waals surface area contributed by atoms with Crippen molar-refractivity contribution in [3.63, 3.8) is 0 Å². The summed E-state index contributed by atoms with van der Waals surface area (Å²) < 4.78 is 0.849. The Morgan fingerprint density at radius 2 is 1.96 bits per heavy atom. The molecule has 0 bridgehead atoms. The van der Waals surface area contributed by atoms with E-state index in [4.69, 9.17) is 10.8 Å². The molecule has 0 aliphatic rings. The number of nitrogens with two attached hydrogens (primary N) is 1. The summed E-state index contributed by atoms with van der Waals surface area (Å²) >= 11 is 1.04. The lowest BCUT2D eigenvalue weighted by atomic mass is 10.2. The standard InChI is InChI=1S/C14H9N3O5S/c15-11-9-8(5-23-11)10(14(21)22)16-17(12(9)18)7-3-1-2-6(4-7)13(19)20/h1-5H,15H2,(H,19,20)(H,21,22). The zero-order valence-corrected chi connectivity index (χ0v) is 12.2. The molecular weight excluding hydrogens is 322 g/mol. The second-order valence-electron chi connectivity index (χ2n) is 4.61. The highest BCUT2D eigenvalue weighted by Gasteiger charge is 2.20. The number of aromatic carboxylic acids is 2. The van der Waals surface area contributed by atoms with Crippen molar-refractivity contribution in [1.82, 2.24) is 9.78 Å². The maximum atomic E-state index is 12.6. The molecule has 0 saturated carbocycles. The van der Waals surface area contributed by atoms with Crippen molar-refractivity contribution < 1.29 is 19.8 Å². The van der Waals surface area contributed by atoms with E-state index in [0.717, 1.165) is 16.0 Å². The first-order valence-corrected chi connectivity index (χ1v) is 7.15. The average molecular weight is 331 g/mol. The van der Waals surface area contributed by atoms with Crippen LogP contribution >= 0.6 is 11.3 Å². The van der Waals surface area contributed by atoms with E-state index < -0.39 is 17.5 Å². The summed E-state index contributed by atoms with van der Waals surface area (Å²) in [6, 6.07) is 5.48. The Morgan fingerprint density at radius 1 is 1.22 bits per heavy atom. The Morgan fingerprint density at radius 3 is 2.61 bits per heavy atom. The molecule has 23 heavy (non-hydrogen) atoms. The number of aromatic nitrogens is 2. The first-order valence-electron chi connectivity index (χ1n) is 6.27. The zero-order valence-electron chi connectivity index (χ0n) is 11.4. The Kier molecular flexibility index (Phi) is 3.34. The lowest BCUT2D eigenvalue weighted by Gasteiger charge is -2.08. The number of carbonyl (C=O) groups is 2. The average Bonchev–Trinajstić information content (AvgIpc) is 2.90. The Balaban J connectivity index is 2.38. The molecule has 8 nitrogen and oxygen atoms in total. The smallest absolute Gasteiger partial charge is 0.357 e. The van der Waals surface area contributed by atoms with Crippen molar-refractivity contribution in [2.75, 3.05) is 5.73 Å². The van der Waals surface area contributed by atoms with Gasteiger partial charge in [-0.2, -0.15) is 9.78 Å². The number of carboxylic acid groups (broad SMARTS) is 2. The van der Waals surface area contributed by atoms with Gasteiger partial charge in [-0.3, -0.25) is 4.79 Å².